The number of halogens is 1. The Kier molecular flexibility index (Phi) is 5.52. The molecular weight excluding hydrogens is 266 g/mol. The molecule has 0 spiro atoms. The van der Waals surface area contributed by atoms with E-state index < -0.39 is 5.60 Å². The molecule has 0 bridgehead atoms. The van der Waals surface area contributed by atoms with Crippen molar-refractivity contribution >= 4 is 17.4 Å². The van der Waals surface area contributed by atoms with Gasteiger partial charge in [-0.05, 0) is 27.9 Å². The number of hydrogen-bond acceptors (Lipinski definition) is 4. The summed E-state index contributed by atoms with van der Waals surface area (Å²) in [6.45, 7) is 5.18. The molecule has 108 valence electrons. The van der Waals surface area contributed by atoms with Crippen LogP contribution in [0.4, 0.5) is 0 Å². The van der Waals surface area contributed by atoms with Crippen molar-refractivity contribution in [3.8, 4) is 0 Å². The highest BCUT2D eigenvalue weighted by molar-refractivity contribution is 6.33. The van der Waals surface area contributed by atoms with E-state index in [9.17, 15) is 4.79 Å². The second kappa shape index (κ2) is 6.50. The van der Waals surface area contributed by atoms with E-state index >= 15 is 0 Å². The van der Waals surface area contributed by atoms with Gasteiger partial charge < -0.3 is 9.64 Å². The van der Waals surface area contributed by atoms with Crippen molar-refractivity contribution in [1.82, 2.24) is 14.7 Å². The first-order chi connectivity index (χ1) is 8.76. The standard InChI is InChI=1S/C13H22ClN3O2/c1-13(2,19-5)8-11(18)12-10(14)9-15-17(12)7-6-16(3)4/h9H,6-8H2,1-5H3. The molecule has 0 aliphatic heterocycles. The Morgan fingerprint density at radius 1 is 1.53 bits per heavy atom. The summed E-state index contributed by atoms with van der Waals surface area (Å²) in [6, 6.07) is 0. The zero-order chi connectivity index (χ0) is 14.6. The molecule has 0 aliphatic rings. The van der Waals surface area contributed by atoms with E-state index in [-0.39, 0.29) is 12.2 Å². The number of carbonyl (C=O) groups is 1. The van der Waals surface area contributed by atoms with Gasteiger partial charge in [0.15, 0.2) is 5.78 Å². The summed E-state index contributed by atoms with van der Waals surface area (Å²) < 4.78 is 6.95. The number of ether oxygens (including phenoxy) is 1. The zero-order valence-electron chi connectivity index (χ0n) is 12.2. The molecule has 0 saturated heterocycles. The smallest absolute Gasteiger partial charge is 0.185 e. The van der Waals surface area contributed by atoms with Gasteiger partial charge in [-0.15, -0.1) is 0 Å². The van der Waals surface area contributed by atoms with Crippen LogP contribution >= 0.6 is 11.6 Å². The second-order valence-electron chi connectivity index (χ2n) is 5.43. The third-order valence-electron chi connectivity index (χ3n) is 2.96. The zero-order valence-corrected chi connectivity index (χ0v) is 13.0. The maximum absolute atomic E-state index is 12.3. The van der Waals surface area contributed by atoms with Crippen LogP contribution in [0.25, 0.3) is 0 Å². The van der Waals surface area contributed by atoms with Gasteiger partial charge in [-0.3, -0.25) is 9.48 Å². The Morgan fingerprint density at radius 3 is 2.68 bits per heavy atom. The van der Waals surface area contributed by atoms with Crippen LogP contribution in [0.2, 0.25) is 5.02 Å². The third-order valence-corrected chi connectivity index (χ3v) is 3.23. The molecule has 1 heterocycles. The van der Waals surface area contributed by atoms with Gasteiger partial charge in [0.2, 0.25) is 0 Å². The van der Waals surface area contributed by atoms with E-state index in [0.29, 0.717) is 17.3 Å². The van der Waals surface area contributed by atoms with Crippen molar-refractivity contribution in [3.63, 3.8) is 0 Å². The summed E-state index contributed by atoms with van der Waals surface area (Å²) in [5.41, 5.74) is -0.0366. The average Bonchev–Trinajstić information content (AvgIpc) is 2.67. The van der Waals surface area contributed by atoms with Crippen molar-refractivity contribution in [2.75, 3.05) is 27.7 Å². The Morgan fingerprint density at radius 2 is 2.16 bits per heavy atom. The number of likely N-dealkylation sites (N-methyl/N-ethyl adjacent to an activating group) is 1. The highest BCUT2D eigenvalue weighted by atomic mass is 35.5. The van der Waals surface area contributed by atoms with Crippen LogP contribution in [-0.4, -0.2) is 53.8 Å². The van der Waals surface area contributed by atoms with Gasteiger partial charge >= 0.3 is 0 Å². The van der Waals surface area contributed by atoms with Gasteiger partial charge in [0.05, 0.1) is 23.4 Å². The maximum Gasteiger partial charge on any atom is 0.185 e. The Labute approximate surface area is 119 Å². The predicted octanol–water partition coefficient (Wildman–Crippen LogP) is 2.10. The number of hydrogen-bond donors (Lipinski definition) is 0. The number of methoxy groups -OCH3 is 1. The van der Waals surface area contributed by atoms with Crippen LogP contribution in [0.5, 0.6) is 0 Å². The molecule has 1 aromatic heterocycles. The Balaban J connectivity index is 2.87. The number of aromatic nitrogens is 2. The molecule has 0 aliphatic carbocycles. The highest BCUT2D eigenvalue weighted by Crippen LogP contribution is 2.22. The van der Waals surface area contributed by atoms with E-state index in [1.165, 1.54) is 6.20 Å². The van der Waals surface area contributed by atoms with Crippen LogP contribution in [0, 0.1) is 0 Å². The molecule has 0 radical (unpaired) electrons. The second-order valence-corrected chi connectivity index (χ2v) is 5.84. The average molecular weight is 288 g/mol. The quantitative estimate of drug-likeness (QED) is 0.721. The van der Waals surface area contributed by atoms with Crippen LogP contribution in [0.3, 0.4) is 0 Å². The number of rotatable bonds is 7. The molecule has 1 aromatic rings. The molecule has 1 rings (SSSR count). The molecule has 0 saturated carbocycles. The van der Waals surface area contributed by atoms with E-state index in [1.807, 2.05) is 32.8 Å². The minimum Gasteiger partial charge on any atom is -0.378 e. The summed E-state index contributed by atoms with van der Waals surface area (Å²) >= 11 is 6.07. The molecule has 0 aromatic carbocycles. The van der Waals surface area contributed by atoms with E-state index in [2.05, 4.69) is 5.10 Å². The van der Waals surface area contributed by atoms with E-state index in [4.69, 9.17) is 16.3 Å². The molecular formula is C13H22ClN3O2. The minimum absolute atomic E-state index is 0.0480. The SMILES string of the molecule is COC(C)(C)CC(=O)c1c(Cl)cnn1CCN(C)C. The van der Waals surface area contributed by atoms with Crippen molar-refractivity contribution in [1.29, 1.82) is 0 Å². The summed E-state index contributed by atoms with van der Waals surface area (Å²) in [5.74, 6) is -0.0480. The van der Waals surface area contributed by atoms with Gasteiger partial charge in [-0.1, -0.05) is 11.6 Å². The molecule has 0 unspecified atom stereocenters. The molecule has 0 amide bonds. The van der Waals surface area contributed by atoms with Crippen molar-refractivity contribution in [2.45, 2.75) is 32.4 Å². The Hall–Kier alpha value is -0.910. The third kappa shape index (κ3) is 4.60. The van der Waals surface area contributed by atoms with Crippen LogP contribution in [0.15, 0.2) is 6.20 Å². The van der Waals surface area contributed by atoms with Gasteiger partial charge in [-0.25, -0.2) is 0 Å². The van der Waals surface area contributed by atoms with Crippen LogP contribution in [-0.2, 0) is 11.3 Å². The lowest BCUT2D eigenvalue weighted by molar-refractivity contribution is 0.0169. The fourth-order valence-corrected chi connectivity index (χ4v) is 1.89. The largest absolute Gasteiger partial charge is 0.378 e. The lowest BCUT2D eigenvalue weighted by atomic mass is 10.00. The van der Waals surface area contributed by atoms with Crippen LogP contribution < -0.4 is 0 Å². The first-order valence-electron chi connectivity index (χ1n) is 6.21. The predicted molar refractivity (Wildman–Crippen MR) is 75.8 cm³/mol. The number of Topliss-reactive ketones (excluding diaryl/α,β-unsaturated/α-hetero) is 1. The topological polar surface area (TPSA) is 47.4 Å². The van der Waals surface area contributed by atoms with Gasteiger partial charge in [-0.2, -0.15) is 5.10 Å². The fraction of sp³-hybridized carbons (Fsp3) is 0.692. The Bertz CT molecular complexity index is 441. The minimum atomic E-state index is -0.503. The highest BCUT2D eigenvalue weighted by Gasteiger charge is 2.26. The van der Waals surface area contributed by atoms with Gasteiger partial charge in [0, 0.05) is 20.1 Å². The molecule has 6 heteroatoms. The molecule has 5 nitrogen and oxygen atoms in total. The summed E-state index contributed by atoms with van der Waals surface area (Å²) in [6.07, 6.45) is 1.79. The normalized spacial score (nSPS) is 12.2. The molecule has 0 atom stereocenters. The lowest BCUT2D eigenvalue weighted by Gasteiger charge is -2.22. The van der Waals surface area contributed by atoms with E-state index in [0.717, 1.165) is 6.54 Å². The van der Waals surface area contributed by atoms with Crippen LogP contribution in [0.1, 0.15) is 30.8 Å². The summed E-state index contributed by atoms with van der Waals surface area (Å²) in [5, 5.41) is 4.56. The monoisotopic (exact) mass is 287 g/mol. The molecule has 0 fully saturated rings. The molecule has 19 heavy (non-hydrogen) atoms. The molecule has 0 N–H and O–H groups in total. The summed E-state index contributed by atoms with van der Waals surface area (Å²) in [7, 11) is 5.54. The number of nitrogens with zero attached hydrogens (tertiary/aromatic N) is 3. The number of carbonyl (C=O) groups excluding carboxylic acids is 1. The van der Waals surface area contributed by atoms with Gasteiger partial charge in [0.1, 0.15) is 5.69 Å². The van der Waals surface area contributed by atoms with Crippen molar-refractivity contribution in [2.24, 2.45) is 0 Å². The number of ketones is 1. The summed E-state index contributed by atoms with van der Waals surface area (Å²) in [4.78, 5) is 14.4. The maximum atomic E-state index is 12.3. The van der Waals surface area contributed by atoms with E-state index in [1.54, 1.807) is 11.8 Å². The first kappa shape index (κ1) is 16.1. The first-order valence-corrected chi connectivity index (χ1v) is 6.59. The van der Waals surface area contributed by atoms with Gasteiger partial charge in [0.25, 0.3) is 0 Å². The van der Waals surface area contributed by atoms with Crippen molar-refractivity contribution < 1.29 is 9.53 Å². The fourth-order valence-electron chi connectivity index (χ4n) is 1.65. The lowest BCUT2D eigenvalue weighted by Crippen LogP contribution is -2.28. The van der Waals surface area contributed by atoms with Crippen molar-refractivity contribution in [3.05, 3.63) is 16.9 Å².